The highest BCUT2D eigenvalue weighted by atomic mass is 32.1. The van der Waals surface area contributed by atoms with Gasteiger partial charge in [-0.2, -0.15) is 0 Å². The second-order valence-electron chi connectivity index (χ2n) is 11.2. The molecule has 2 aromatic carbocycles. The number of anilines is 2. The van der Waals surface area contributed by atoms with Gasteiger partial charge >= 0.3 is 0 Å². The van der Waals surface area contributed by atoms with Crippen LogP contribution in [0.4, 0.5) is 11.4 Å². The molecule has 2 aliphatic heterocycles. The highest BCUT2D eigenvalue weighted by molar-refractivity contribution is 7.17. The Kier molecular flexibility index (Phi) is 8.16. The van der Waals surface area contributed by atoms with Crippen LogP contribution < -0.4 is 14.5 Å². The molecule has 0 radical (unpaired) electrons. The Morgan fingerprint density at radius 1 is 0.949 bits per heavy atom. The van der Waals surface area contributed by atoms with Crippen molar-refractivity contribution in [2.45, 2.75) is 51.4 Å². The predicted molar refractivity (Wildman–Crippen MR) is 159 cm³/mol. The molecule has 3 aromatic rings. The van der Waals surface area contributed by atoms with E-state index >= 15 is 0 Å². The number of hydrogen-bond donors (Lipinski definition) is 0. The molecule has 1 aromatic heterocycles. The Hall–Kier alpha value is -2.90. The van der Waals surface area contributed by atoms with Crippen molar-refractivity contribution < 1.29 is 14.3 Å². The van der Waals surface area contributed by atoms with Crippen molar-refractivity contribution in [1.82, 2.24) is 4.90 Å². The number of ketones is 1. The van der Waals surface area contributed by atoms with Gasteiger partial charge in [0.05, 0.1) is 12.3 Å². The first-order valence-electron chi connectivity index (χ1n) is 14.7. The number of hydrogen-bond acceptors (Lipinski definition) is 6. The first kappa shape index (κ1) is 26.3. The van der Waals surface area contributed by atoms with Crippen LogP contribution in [-0.2, 0) is 16.0 Å². The molecule has 0 atom stereocenters. The van der Waals surface area contributed by atoms with Gasteiger partial charge in [0.2, 0.25) is 5.91 Å². The molecule has 2 fully saturated rings. The molecule has 6 rings (SSSR count). The van der Waals surface area contributed by atoms with Gasteiger partial charge in [0, 0.05) is 73.3 Å². The summed E-state index contributed by atoms with van der Waals surface area (Å²) in [5.41, 5.74) is 3.48. The Balaban J connectivity index is 0.942. The van der Waals surface area contributed by atoms with E-state index in [4.69, 9.17) is 4.74 Å². The summed E-state index contributed by atoms with van der Waals surface area (Å²) in [6.45, 7) is 6.59. The SMILES string of the molecule is O=C(CCN1C(=O)CCc2ccc(OCCCCN3CCN(c4cccc5sccc45)CC3)cc21)C1CCC1. The van der Waals surface area contributed by atoms with Crippen LogP contribution in [0, 0.1) is 5.92 Å². The van der Waals surface area contributed by atoms with Crippen molar-refractivity contribution in [2.75, 3.05) is 55.7 Å². The van der Waals surface area contributed by atoms with Gasteiger partial charge in [-0.15, -0.1) is 11.3 Å². The standard InChI is InChI=1S/C32H39N3O3S/c36-30(25-5-3-6-25)13-16-35-29-23-26(11-9-24(29)10-12-32(35)37)38-21-2-1-15-33-17-19-34(20-18-33)28-7-4-8-31-27(28)14-22-39-31/h4,7-9,11,14,22-23,25H,1-3,5-6,10,12-13,15-21H2. The topological polar surface area (TPSA) is 53.1 Å². The zero-order chi connectivity index (χ0) is 26.6. The molecule has 1 saturated carbocycles. The highest BCUT2D eigenvalue weighted by Gasteiger charge is 2.28. The smallest absolute Gasteiger partial charge is 0.227 e. The highest BCUT2D eigenvalue weighted by Crippen LogP contribution is 2.34. The predicted octanol–water partition coefficient (Wildman–Crippen LogP) is 5.92. The minimum absolute atomic E-state index is 0.119. The average molecular weight is 546 g/mol. The van der Waals surface area contributed by atoms with Crippen LogP contribution in [0.5, 0.6) is 5.75 Å². The first-order valence-corrected chi connectivity index (χ1v) is 15.6. The summed E-state index contributed by atoms with van der Waals surface area (Å²) in [4.78, 5) is 32.0. The van der Waals surface area contributed by atoms with Gasteiger partial charge in [0.15, 0.2) is 0 Å². The van der Waals surface area contributed by atoms with Crippen LogP contribution in [0.1, 0.15) is 50.5 Å². The van der Waals surface area contributed by atoms with E-state index in [0.717, 1.165) is 82.7 Å². The molecule has 0 spiro atoms. The Labute approximate surface area is 235 Å². The summed E-state index contributed by atoms with van der Waals surface area (Å²) in [6.07, 6.45) is 7.04. The fraction of sp³-hybridized carbons (Fsp3) is 0.500. The fourth-order valence-corrected chi connectivity index (χ4v) is 6.91. The Morgan fingerprint density at radius 2 is 1.82 bits per heavy atom. The van der Waals surface area contributed by atoms with Gasteiger partial charge in [0.25, 0.3) is 0 Å². The summed E-state index contributed by atoms with van der Waals surface area (Å²) >= 11 is 1.81. The lowest BCUT2D eigenvalue weighted by Crippen LogP contribution is -2.46. The lowest BCUT2D eigenvalue weighted by molar-refractivity contribution is -0.125. The number of ether oxygens (including phenoxy) is 1. The zero-order valence-corrected chi connectivity index (χ0v) is 23.6. The van der Waals surface area contributed by atoms with Crippen molar-refractivity contribution in [2.24, 2.45) is 5.92 Å². The van der Waals surface area contributed by atoms with Gasteiger partial charge in [-0.25, -0.2) is 0 Å². The molecule has 206 valence electrons. The van der Waals surface area contributed by atoms with Gasteiger partial charge < -0.3 is 14.5 Å². The molecule has 0 bridgehead atoms. The Bertz CT molecular complexity index is 1310. The number of thiophene rings is 1. The number of nitrogens with zero attached hydrogens (tertiary/aromatic N) is 3. The minimum atomic E-state index is 0.119. The number of benzene rings is 2. The summed E-state index contributed by atoms with van der Waals surface area (Å²) < 4.78 is 7.48. The Morgan fingerprint density at radius 3 is 2.64 bits per heavy atom. The number of piperazine rings is 1. The van der Waals surface area contributed by atoms with Crippen LogP contribution in [0.15, 0.2) is 47.8 Å². The molecular weight excluding hydrogens is 506 g/mol. The lowest BCUT2D eigenvalue weighted by Gasteiger charge is -2.36. The van der Waals surface area contributed by atoms with Gasteiger partial charge in [-0.05, 0) is 73.9 Å². The molecule has 0 unspecified atom stereocenters. The van der Waals surface area contributed by atoms with Crippen LogP contribution in [-0.4, -0.2) is 62.5 Å². The maximum atomic E-state index is 12.7. The maximum Gasteiger partial charge on any atom is 0.227 e. The zero-order valence-electron chi connectivity index (χ0n) is 22.8. The second kappa shape index (κ2) is 12.1. The third-order valence-electron chi connectivity index (χ3n) is 8.72. The number of fused-ring (bicyclic) bond motifs is 2. The molecule has 3 heterocycles. The summed E-state index contributed by atoms with van der Waals surface area (Å²) in [6, 6.07) is 15.0. The van der Waals surface area contributed by atoms with Crippen LogP contribution in [0.2, 0.25) is 0 Å². The van der Waals surface area contributed by atoms with E-state index in [9.17, 15) is 9.59 Å². The molecule has 1 aliphatic carbocycles. The van der Waals surface area contributed by atoms with Crippen LogP contribution in [0.25, 0.3) is 10.1 Å². The van der Waals surface area contributed by atoms with Crippen LogP contribution in [0.3, 0.4) is 0 Å². The van der Waals surface area contributed by atoms with Gasteiger partial charge in [0.1, 0.15) is 11.5 Å². The fourth-order valence-electron chi connectivity index (χ4n) is 6.10. The van der Waals surface area contributed by atoms with Crippen molar-refractivity contribution in [1.29, 1.82) is 0 Å². The van der Waals surface area contributed by atoms with E-state index in [-0.39, 0.29) is 11.8 Å². The number of Topliss-reactive ketones (excluding diaryl/α,β-unsaturated/α-hetero) is 1. The maximum absolute atomic E-state index is 12.7. The third kappa shape index (κ3) is 5.99. The summed E-state index contributed by atoms with van der Waals surface area (Å²) in [5.74, 6) is 1.47. The van der Waals surface area contributed by atoms with Crippen molar-refractivity contribution in [3.63, 3.8) is 0 Å². The van der Waals surface area contributed by atoms with Gasteiger partial charge in [-0.1, -0.05) is 18.6 Å². The van der Waals surface area contributed by atoms with E-state index in [1.807, 2.05) is 28.4 Å². The quantitative estimate of drug-likeness (QED) is 0.280. The van der Waals surface area contributed by atoms with Crippen molar-refractivity contribution >= 4 is 44.5 Å². The molecule has 39 heavy (non-hydrogen) atoms. The minimum Gasteiger partial charge on any atom is -0.494 e. The first-order chi connectivity index (χ1) is 19.2. The number of carbonyl (C=O) groups excluding carboxylic acids is 2. The molecule has 6 nitrogen and oxygen atoms in total. The summed E-state index contributed by atoms with van der Waals surface area (Å²) in [5, 5.41) is 3.57. The van der Waals surface area contributed by atoms with Crippen molar-refractivity contribution in [3.8, 4) is 5.75 Å². The van der Waals surface area contributed by atoms with E-state index in [1.165, 1.54) is 21.3 Å². The average Bonchev–Trinajstić information content (AvgIpc) is 3.41. The second-order valence-corrected chi connectivity index (χ2v) is 12.1. The summed E-state index contributed by atoms with van der Waals surface area (Å²) in [7, 11) is 0. The normalized spacial score (nSPS) is 18.3. The van der Waals surface area contributed by atoms with Gasteiger partial charge in [-0.3, -0.25) is 14.5 Å². The molecule has 7 heteroatoms. The molecule has 1 saturated heterocycles. The molecule has 3 aliphatic rings. The third-order valence-corrected chi connectivity index (χ3v) is 9.60. The van der Waals surface area contributed by atoms with Crippen LogP contribution >= 0.6 is 11.3 Å². The van der Waals surface area contributed by atoms with E-state index in [1.54, 1.807) is 0 Å². The number of aryl methyl sites for hydroxylation is 1. The number of rotatable bonds is 11. The largest absolute Gasteiger partial charge is 0.494 e. The molecule has 0 N–H and O–H groups in total. The van der Waals surface area contributed by atoms with E-state index < -0.39 is 0 Å². The monoisotopic (exact) mass is 545 g/mol. The van der Waals surface area contributed by atoms with E-state index in [2.05, 4.69) is 45.5 Å². The number of unbranched alkanes of at least 4 members (excludes halogenated alkanes) is 1. The number of amides is 1. The van der Waals surface area contributed by atoms with Crippen molar-refractivity contribution in [3.05, 3.63) is 53.4 Å². The number of carbonyl (C=O) groups is 2. The lowest BCUT2D eigenvalue weighted by atomic mass is 9.81. The van der Waals surface area contributed by atoms with E-state index in [0.29, 0.717) is 31.8 Å². The molecule has 1 amide bonds. The molecular formula is C32H39N3O3S.